The van der Waals surface area contributed by atoms with Crippen molar-refractivity contribution in [3.8, 4) is 5.75 Å². The van der Waals surface area contributed by atoms with Gasteiger partial charge < -0.3 is 14.8 Å². The Balaban J connectivity index is 1.88. The van der Waals surface area contributed by atoms with Crippen LogP contribution in [-0.4, -0.2) is 25.9 Å². The quantitative estimate of drug-likeness (QED) is 0.735. The molecule has 0 spiro atoms. The summed E-state index contributed by atoms with van der Waals surface area (Å²) in [5, 5.41) is 3.57. The molecule has 1 fully saturated rings. The molecule has 1 aliphatic rings. The van der Waals surface area contributed by atoms with E-state index < -0.39 is 0 Å². The van der Waals surface area contributed by atoms with Gasteiger partial charge in [-0.25, -0.2) is 0 Å². The summed E-state index contributed by atoms with van der Waals surface area (Å²) in [6, 6.07) is 8.62. The van der Waals surface area contributed by atoms with Crippen LogP contribution in [0.2, 0.25) is 0 Å². The van der Waals surface area contributed by atoms with Crippen molar-refractivity contribution in [2.45, 2.75) is 51.7 Å². The van der Waals surface area contributed by atoms with E-state index in [2.05, 4.69) is 37.4 Å². The second-order valence-corrected chi connectivity index (χ2v) is 5.50. The smallest absolute Gasteiger partial charge is 0.124 e. The summed E-state index contributed by atoms with van der Waals surface area (Å²) in [6.45, 7) is 7.01. The van der Waals surface area contributed by atoms with Crippen LogP contribution < -0.4 is 10.1 Å². The summed E-state index contributed by atoms with van der Waals surface area (Å²) >= 11 is 0. The Bertz CT molecular complexity index is 388. The molecular formula is C17H27NO2. The van der Waals surface area contributed by atoms with Crippen LogP contribution in [0.15, 0.2) is 24.3 Å². The molecule has 1 heterocycles. The lowest BCUT2D eigenvalue weighted by Gasteiger charge is -2.20. The Morgan fingerprint density at radius 3 is 3.00 bits per heavy atom. The summed E-state index contributed by atoms with van der Waals surface area (Å²) < 4.78 is 11.6. The van der Waals surface area contributed by atoms with E-state index in [1.807, 2.05) is 6.07 Å². The van der Waals surface area contributed by atoms with E-state index in [0.717, 1.165) is 38.3 Å². The van der Waals surface area contributed by atoms with E-state index in [9.17, 15) is 0 Å². The Kier molecular flexibility index (Phi) is 6.34. The SMILES string of the molecule is CCCCOc1ccccc1C(C)NCC1CCCO1. The summed E-state index contributed by atoms with van der Waals surface area (Å²) in [5.41, 5.74) is 1.24. The highest BCUT2D eigenvalue weighted by atomic mass is 16.5. The summed E-state index contributed by atoms with van der Waals surface area (Å²) in [5.74, 6) is 1.01. The Morgan fingerprint density at radius 1 is 1.40 bits per heavy atom. The number of benzene rings is 1. The molecule has 0 aliphatic carbocycles. The largest absolute Gasteiger partial charge is 0.493 e. The molecule has 20 heavy (non-hydrogen) atoms. The molecule has 1 aromatic carbocycles. The lowest BCUT2D eigenvalue weighted by atomic mass is 10.1. The van der Waals surface area contributed by atoms with Crippen molar-refractivity contribution in [1.82, 2.24) is 5.32 Å². The van der Waals surface area contributed by atoms with Gasteiger partial charge in [-0.05, 0) is 32.3 Å². The van der Waals surface area contributed by atoms with Gasteiger partial charge in [-0.3, -0.25) is 0 Å². The lowest BCUT2D eigenvalue weighted by molar-refractivity contribution is 0.108. The lowest BCUT2D eigenvalue weighted by Crippen LogP contribution is -2.28. The number of para-hydroxylation sites is 1. The predicted molar refractivity (Wildman–Crippen MR) is 82.2 cm³/mol. The monoisotopic (exact) mass is 277 g/mol. The van der Waals surface area contributed by atoms with E-state index in [1.165, 1.54) is 18.4 Å². The highest BCUT2D eigenvalue weighted by Gasteiger charge is 2.17. The second kappa shape index (κ2) is 8.28. The third kappa shape index (κ3) is 4.50. The molecule has 2 rings (SSSR count). The van der Waals surface area contributed by atoms with Gasteiger partial charge in [0.2, 0.25) is 0 Å². The fourth-order valence-corrected chi connectivity index (χ4v) is 2.52. The maximum Gasteiger partial charge on any atom is 0.124 e. The zero-order valence-electron chi connectivity index (χ0n) is 12.7. The van der Waals surface area contributed by atoms with Gasteiger partial charge in [-0.2, -0.15) is 0 Å². The molecule has 1 saturated heterocycles. The summed E-state index contributed by atoms with van der Waals surface area (Å²) in [4.78, 5) is 0. The van der Waals surface area contributed by atoms with Crippen molar-refractivity contribution in [3.05, 3.63) is 29.8 Å². The van der Waals surface area contributed by atoms with Gasteiger partial charge in [0, 0.05) is 24.8 Å². The summed E-state index contributed by atoms with van der Waals surface area (Å²) in [7, 11) is 0. The third-order valence-electron chi connectivity index (χ3n) is 3.82. The minimum absolute atomic E-state index is 0.289. The van der Waals surface area contributed by atoms with Crippen molar-refractivity contribution in [3.63, 3.8) is 0 Å². The molecule has 1 aromatic rings. The first kappa shape index (κ1) is 15.3. The van der Waals surface area contributed by atoms with Crippen LogP contribution in [0, 0.1) is 0 Å². The molecule has 0 aromatic heterocycles. The van der Waals surface area contributed by atoms with Gasteiger partial charge in [0.25, 0.3) is 0 Å². The molecule has 2 atom stereocenters. The van der Waals surface area contributed by atoms with Crippen molar-refractivity contribution >= 4 is 0 Å². The average Bonchev–Trinajstić information content (AvgIpc) is 2.99. The van der Waals surface area contributed by atoms with E-state index in [-0.39, 0.29) is 6.04 Å². The number of hydrogen-bond acceptors (Lipinski definition) is 3. The predicted octanol–water partition coefficient (Wildman–Crippen LogP) is 3.70. The van der Waals surface area contributed by atoms with Gasteiger partial charge in [0.05, 0.1) is 12.7 Å². The molecule has 0 amide bonds. The highest BCUT2D eigenvalue weighted by molar-refractivity contribution is 5.35. The van der Waals surface area contributed by atoms with E-state index in [4.69, 9.17) is 9.47 Å². The first-order valence-corrected chi connectivity index (χ1v) is 7.88. The number of hydrogen-bond donors (Lipinski definition) is 1. The molecule has 0 radical (unpaired) electrons. The summed E-state index contributed by atoms with van der Waals surface area (Å²) in [6.07, 6.45) is 5.01. The minimum Gasteiger partial charge on any atom is -0.493 e. The number of nitrogens with one attached hydrogen (secondary N) is 1. The second-order valence-electron chi connectivity index (χ2n) is 5.50. The topological polar surface area (TPSA) is 30.5 Å². The fourth-order valence-electron chi connectivity index (χ4n) is 2.52. The molecule has 2 unspecified atom stereocenters. The normalized spacial score (nSPS) is 20.0. The third-order valence-corrected chi connectivity index (χ3v) is 3.82. The molecule has 0 saturated carbocycles. The Labute approximate surface area is 122 Å². The van der Waals surface area contributed by atoms with Gasteiger partial charge >= 0.3 is 0 Å². The van der Waals surface area contributed by atoms with Crippen LogP contribution in [0.3, 0.4) is 0 Å². The van der Waals surface area contributed by atoms with Gasteiger partial charge in [-0.1, -0.05) is 31.5 Å². The zero-order valence-corrected chi connectivity index (χ0v) is 12.7. The Hall–Kier alpha value is -1.06. The molecule has 1 aliphatic heterocycles. The van der Waals surface area contributed by atoms with Crippen LogP contribution in [0.4, 0.5) is 0 Å². The zero-order chi connectivity index (χ0) is 14.2. The minimum atomic E-state index is 0.289. The van der Waals surface area contributed by atoms with Crippen LogP contribution in [0.5, 0.6) is 5.75 Å². The average molecular weight is 277 g/mol. The van der Waals surface area contributed by atoms with Gasteiger partial charge in [0.15, 0.2) is 0 Å². The molecule has 1 N–H and O–H groups in total. The van der Waals surface area contributed by atoms with E-state index in [1.54, 1.807) is 0 Å². The van der Waals surface area contributed by atoms with Crippen LogP contribution in [-0.2, 0) is 4.74 Å². The van der Waals surface area contributed by atoms with Crippen LogP contribution in [0.1, 0.15) is 51.1 Å². The molecular weight excluding hydrogens is 250 g/mol. The molecule has 112 valence electrons. The first-order valence-electron chi connectivity index (χ1n) is 7.88. The standard InChI is InChI=1S/C17H27NO2/c1-3-4-11-20-17-10-6-5-9-16(17)14(2)18-13-15-8-7-12-19-15/h5-6,9-10,14-15,18H,3-4,7-8,11-13H2,1-2H3. The number of ether oxygens (including phenoxy) is 2. The van der Waals surface area contributed by atoms with E-state index >= 15 is 0 Å². The number of unbranched alkanes of at least 4 members (excludes halogenated alkanes) is 1. The number of rotatable bonds is 8. The molecule has 3 nitrogen and oxygen atoms in total. The van der Waals surface area contributed by atoms with Crippen LogP contribution in [0.25, 0.3) is 0 Å². The maximum absolute atomic E-state index is 5.90. The van der Waals surface area contributed by atoms with Crippen molar-refractivity contribution in [2.75, 3.05) is 19.8 Å². The van der Waals surface area contributed by atoms with E-state index in [0.29, 0.717) is 6.10 Å². The van der Waals surface area contributed by atoms with Crippen molar-refractivity contribution in [2.24, 2.45) is 0 Å². The van der Waals surface area contributed by atoms with Gasteiger partial charge in [-0.15, -0.1) is 0 Å². The van der Waals surface area contributed by atoms with Crippen molar-refractivity contribution in [1.29, 1.82) is 0 Å². The highest BCUT2D eigenvalue weighted by Crippen LogP contribution is 2.25. The van der Waals surface area contributed by atoms with Crippen LogP contribution >= 0.6 is 0 Å². The van der Waals surface area contributed by atoms with Crippen molar-refractivity contribution < 1.29 is 9.47 Å². The maximum atomic E-state index is 5.90. The fraction of sp³-hybridized carbons (Fsp3) is 0.647. The first-order chi connectivity index (χ1) is 9.81. The Morgan fingerprint density at radius 2 is 2.25 bits per heavy atom. The van der Waals surface area contributed by atoms with Gasteiger partial charge in [0.1, 0.15) is 5.75 Å². The molecule has 0 bridgehead atoms. The molecule has 3 heteroatoms.